The molecule has 1 amide bonds. The lowest BCUT2D eigenvalue weighted by molar-refractivity contribution is -0.135. The van der Waals surface area contributed by atoms with Gasteiger partial charge in [-0.15, -0.1) is 0 Å². The summed E-state index contributed by atoms with van der Waals surface area (Å²) >= 11 is 0. The van der Waals surface area contributed by atoms with Gasteiger partial charge in [-0.05, 0) is 18.6 Å². The second kappa shape index (κ2) is 5.67. The highest BCUT2D eigenvalue weighted by Gasteiger charge is 2.36. The number of carbonyl (C=O) groups excluding carboxylic acids is 1. The Bertz CT molecular complexity index is 607. The van der Waals surface area contributed by atoms with E-state index in [1.807, 2.05) is 23.1 Å². The van der Waals surface area contributed by atoms with Crippen LogP contribution in [0, 0.1) is 5.92 Å². The Labute approximate surface area is 125 Å². The number of anilines is 1. The second-order valence-electron chi connectivity index (χ2n) is 5.75. The maximum Gasteiger partial charge on any atom is 0.226 e. The molecule has 2 fully saturated rings. The van der Waals surface area contributed by atoms with Gasteiger partial charge >= 0.3 is 0 Å². The number of rotatable bonds is 2. The van der Waals surface area contributed by atoms with Crippen LogP contribution in [0.1, 0.15) is 6.42 Å². The molecule has 0 bridgehead atoms. The number of amides is 1. The number of hydrogen-bond acceptors (Lipinski definition) is 4. The number of para-hydroxylation sites is 1. The highest BCUT2D eigenvalue weighted by atomic mass is 32.2. The molecule has 1 atom stereocenters. The zero-order chi connectivity index (χ0) is 14.9. The lowest BCUT2D eigenvalue weighted by atomic mass is 10.1. The Kier molecular flexibility index (Phi) is 3.89. The van der Waals surface area contributed by atoms with Gasteiger partial charge in [-0.3, -0.25) is 4.79 Å². The fourth-order valence-electron chi connectivity index (χ4n) is 3.07. The van der Waals surface area contributed by atoms with E-state index in [4.69, 9.17) is 0 Å². The van der Waals surface area contributed by atoms with Gasteiger partial charge in [0.15, 0.2) is 9.84 Å². The zero-order valence-corrected chi connectivity index (χ0v) is 12.8. The Morgan fingerprint density at radius 1 is 1.05 bits per heavy atom. The van der Waals surface area contributed by atoms with E-state index < -0.39 is 9.84 Å². The third-order valence-corrected chi connectivity index (χ3v) is 6.06. The van der Waals surface area contributed by atoms with Crippen molar-refractivity contribution in [2.45, 2.75) is 6.42 Å². The molecule has 2 aliphatic heterocycles. The standard InChI is InChI=1S/C15H20N2O3S/c18-15(13-6-11-21(19,20)12-13)17-9-7-16(8-10-17)14-4-2-1-3-5-14/h1-5,13H,6-12H2/t13-/m1/s1. The lowest BCUT2D eigenvalue weighted by Crippen LogP contribution is -2.50. The van der Waals surface area contributed by atoms with Crippen LogP contribution in [0.5, 0.6) is 0 Å². The van der Waals surface area contributed by atoms with Crippen LogP contribution in [-0.4, -0.2) is 56.9 Å². The molecule has 2 heterocycles. The molecule has 6 heteroatoms. The number of carbonyl (C=O) groups is 1. The van der Waals surface area contributed by atoms with Gasteiger partial charge in [0.1, 0.15) is 0 Å². The maximum atomic E-state index is 12.4. The summed E-state index contributed by atoms with van der Waals surface area (Å²) in [5, 5.41) is 0. The van der Waals surface area contributed by atoms with Gasteiger partial charge < -0.3 is 9.80 Å². The SMILES string of the molecule is O=C([C@@H]1CCS(=O)(=O)C1)N1CCN(c2ccccc2)CC1. The quantitative estimate of drug-likeness (QED) is 0.810. The molecule has 5 nitrogen and oxygen atoms in total. The molecular formula is C15H20N2O3S. The van der Waals surface area contributed by atoms with Crippen molar-refractivity contribution >= 4 is 21.4 Å². The summed E-state index contributed by atoms with van der Waals surface area (Å²) in [7, 11) is -2.99. The van der Waals surface area contributed by atoms with Gasteiger partial charge in [0.05, 0.1) is 17.4 Å². The van der Waals surface area contributed by atoms with Crippen molar-refractivity contribution < 1.29 is 13.2 Å². The van der Waals surface area contributed by atoms with Gasteiger partial charge in [-0.25, -0.2) is 8.42 Å². The van der Waals surface area contributed by atoms with Crippen LogP contribution in [0.15, 0.2) is 30.3 Å². The molecule has 2 saturated heterocycles. The van der Waals surface area contributed by atoms with Crippen LogP contribution in [0.3, 0.4) is 0 Å². The van der Waals surface area contributed by atoms with Crippen LogP contribution >= 0.6 is 0 Å². The molecule has 0 N–H and O–H groups in total. The maximum absolute atomic E-state index is 12.4. The van der Waals surface area contributed by atoms with Gasteiger partial charge in [-0.1, -0.05) is 18.2 Å². The molecule has 114 valence electrons. The van der Waals surface area contributed by atoms with E-state index in [0.717, 1.165) is 13.1 Å². The predicted molar refractivity (Wildman–Crippen MR) is 82.0 cm³/mol. The fraction of sp³-hybridized carbons (Fsp3) is 0.533. The number of piperazine rings is 1. The average Bonchev–Trinajstić information content (AvgIpc) is 2.88. The lowest BCUT2D eigenvalue weighted by Gasteiger charge is -2.37. The Morgan fingerprint density at radius 2 is 1.71 bits per heavy atom. The molecule has 1 aromatic rings. The smallest absolute Gasteiger partial charge is 0.226 e. The van der Waals surface area contributed by atoms with Crippen molar-refractivity contribution in [1.29, 1.82) is 0 Å². The third kappa shape index (κ3) is 3.20. The molecule has 0 spiro atoms. The second-order valence-corrected chi connectivity index (χ2v) is 7.98. The summed E-state index contributed by atoms with van der Waals surface area (Å²) in [6.45, 7) is 2.94. The van der Waals surface area contributed by atoms with E-state index in [1.54, 1.807) is 0 Å². The average molecular weight is 308 g/mol. The molecule has 1 aromatic carbocycles. The minimum atomic E-state index is -2.99. The first-order chi connectivity index (χ1) is 10.1. The minimum Gasteiger partial charge on any atom is -0.368 e. The van der Waals surface area contributed by atoms with E-state index in [1.165, 1.54) is 5.69 Å². The zero-order valence-electron chi connectivity index (χ0n) is 11.9. The summed E-state index contributed by atoms with van der Waals surface area (Å²) in [5.74, 6) is -0.111. The van der Waals surface area contributed by atoms with E-state index in [0.29, 0.717) is 19.5 Å². The Hall–Kier alpha value is -1.56. The summed E-state index contributed by atoms with van der Waals surface area (Å²) in [6.07, 6.45) is 0.486. The van der Waals surface area contributed by atoms with Crippen molar-refractivity contribution in [2.75, 3.05) is 42.6 Å². The monoisotopic (exact) mass is 308 g/mol. The molecule has 0 radical (unpaired) electrons. The number of sulfone groups is 1. The van der Waals surface area contributed by atoms with Crippen LogP contribution < -0.4 is 4.90 Å². The largest absolute Gasteiger partial charge is 0.368 e. The fourth-order valence-corrected chi connectivity index (χ4v) is 4.80. The summed E-state index contributed by atoms with van der Waals surface area (Å²) in [5.41, 5.74) is 1.17. The van der Waals surface area contributed by atoms with Gasteiger partial charge in [-0.2, -0.15) is 0 Å². The van der Waals surface area contributed by atoms with E-state index >= 15 is 0 Å². The number of benzene rings is 1. The highest BCUT2D eigenvalue weighted by Crippen LogP contribution is 2.22. The van der Waals surface area contributed by atoms with Crippen molar-refractivity contribution in [1.82, 2.24) is 4.90 Å². The molecule has 0 aliphatic carbocycles. The molecular weight excluding hydrogens is 288 g/mol. The molecule has 0 saturated carbocycles. The van der Waals surface area contributed by atoms with Crippen LogP contribution in [-0.2, 0) is 14.6 Å². The Morgan fingerprint density at radius 3 is 2.29 bits per heavy atom. The summed E-state index contributed by atoms with van der Waals surface area (Å²) in [4.78, 5) is 16.5. The molecule has 2 aliphatic rings. The molecule has 0 unspecified atom stereocenters. The first kappa shape index (κ1) is 14.4. The van der Waals surface area contributed by atoms with Crippen LogP contribution in [0.2, 0.25) is 0 Å². The normalized spacial score (nSPS) is 25.0. The van der Waals surface area contributed by atoms with Gasteiger partial charge in [0.25, 0.3) is 0 Å². The van der Waals surface area contributed by atoms with Crippen LogP contribution in [0.4, 0.5) is 5.69 Å². The van der Waals surface area contributed by atoms with E-state index in [9.17, 15) is 13.2 Å². The molecule has 21 heavy (non-hydrogen) atoms. The van der Waals surface area contributed by atoms with Gasteiger partial charge in [0, 0.05) is 31.9 Å². The predicted octanol–water partition coefficient (Wildman–Crippen LogP) is 0.770. The van der Waals surface area contributed by atoms with Crippen molar-refractivity contribution in [2.24, 2.45) is 5.92 Å². The molecule has 0 aromatic heterocycles. The molecule has 3 rings (SSSR count). The van der Waals surface area contributed by atoms with E-state index in [-0.39, 0.29) is 23.3 Å². The number of hydrogen-bond donors (Lipinski definition) is 0. The third-order valence-electron chi connectivity index (χ3n) is 4.29. The van der Waals surface area contributed by atoms with Crippen LogP contribution in [0.25, 0.3) is 0 Å². The number of nitrogens with zero attached hydrogens (tertiary/aromatic N) is 2. The topological polar surface area (TPSA) is 57.7 Å². The van der Waals surface area contributed by atoms with Crippen molar-refractivity contribution in [3.05, 3.63) is 30.3 Å². The van der Waals surface area contributed by atoms with E-state index in [2.05, 4.69) is 17.0 Å². The summed E-state index contributed by atoms with van der Waals surface area (Å²) in [6, 6.07) is 10.2. The Balaban J connectivity index is 1.57. The van der Waals surface area contributed by atoms with Crippen molar-refractivity contribution in [3.8, 4) is 0 Å². The summed E-state index contributed by atoms with van der Waals surface area (Å²) < 4.78 is 23.0. The van der Waals surface area contributed by atoms with Gasteiger partial charge in [0.2, 0.25) is 5.91 Å². The van der Waals surface area contributed by atoms with Crippen molar-refractivity contribution in [3.63, 3.8) is 0 Å². The minimum absolute atomic E-state index is 0.0174. The highest BCUT2D eigenvalue weighted by molar-refractivity contribution is 7.91. The first-order valence-electron chi connectivity index (χ1n) is 7.34. The first-order valence-corrected chi connectivity index (χ1v) is 9.16.